The average Bonchev–Trinajstić information content (AvgIpc) is 2.84. The van der Waals surface area contributed by atoms with E-state index in [4.69, 9.17) is 16.3 Å². The normalized spacial score (nSPS) is 12.9. The standard InChI is InChI=1S/C27H38ClN3O5S/c1-6-20(3)29-27(33)21(4)30(19-22-12-10-13-23(28)18-22)26(32)16-11-17-31(37(5,34)35)24-14-8-9-15-25(24)36-7-2/h8-10,12-15,18,20-21H,6-7,11,16-17,19H2,1-5H3,(H,29,33)/t20-,21-/m0/s1. The van der Waals surface area contributed by atoms with Gasteiger partial charge in [0.1, 0.15) is 11.8 Å². The van der Waals surface area contributed by atoms with Gasteiger partial charge in [-0.1, -0.05) is 42.8 Å². The first kappa shape index (κ1) is 30.4. The van der Waals surface area contributed by atoms with Gasteiger partial charge in [-0.25, -0.2) is 8.42 Å². The molecule has 0 saturated heterocycles. The molecule has 0 aliphatic rings. The summed E-state index contributed by atoms with van der Waals surface area (Å²) in [6.07, 6.45) is 2.22. The molecule has 2 aromatic rings. The Balaban J connectivity index is 2.21. The van der Waals surface area contributed by atoms with Crippen LogP contribution in [-0.4, -0.2) is 56.6 Å². The van der Waals surface area contributed by atoms with Crippen LogP contribution in [0.1, 0.15) is 52.5 Å². The predicted octanol–water partition coefficient (Wildman–Crippen LogP) is 4.62. The molecule has 0 bridgehead atoms. The van der Waals surface area contributed by atoms with Crippen LogP contribution in [0, 0.1) is 0 Å². The Kier molecular flexibility index (Phi) is 11.7. The fourth-order valence-corrected chi connectivity index (χ4v) is 4.99. The molecule has 10 heteroatoms. The Hall–Kier alpha value is -2.78. The van der Waals surface area contributed by atoms with Crippen molar-refractivity contribution in [3.05, 3.63) is 59.1 Å². The summed E-state index contributed by atoms with van der Waals surface area (Å²) < 4.78 is 32.1. The van der Waals surface area contributed by atoms with Crippen LogP contribution in [0.5, 0.6) is 5.75 Å². The Labute approximate surface area is 226 Å². The molecule has 0 unspecified atom stereocenters. The third-order valence-corrected chi connectivity index (χ3v) is 7.41. The topological polar surface area (TPSA) is 96.0 Å². The Morgan fingerprint density at radius 3 is 2.41 bits per heavy atom. The lowest BCUT2D eigenvalue weighted by molar-refractivity contribution is -0.140. The second-order valence-corrected chi connectivity index (χ2v) is 11.3. The van der Waals surface area contributed by atoms with E-state index in [2.05, 4.69) is 5.32 Å². The maximum absolute atomic E-state index is 13.4. The number of amides is 2. The maximum atomic E-state index is 13.4. The highest BCUT2D eigenvalue weighted by molar-refractivity contribution is 7.92. The highest BCUT2D eigenvalue weighted by atomic mass is 35.5. The number of halogens is 1. The molecule has 2 amide bonds. The summed E-state index contributed by atoms with van der Waals surface area (Å²) in [6, 6.07) is 13.3. The van der Waals surface area contributed by atoms with Crippen LogP contribution in [0.3, 0.4) is 0 Å². The molecule has 0 aliphatic heterocycles. The number of hydrogen-bond acceptors (Lipinski definition) is 5. The number of sulfonamides is 1. The van der Waals surface area contributed by atoms with Crippen molar-refractivity contribution in [2.45, 2.75) is 65.6 Å². The van der Waals surface area contributed by atoms with Crippen molar-refractivity contribution in [3.63, 3.8) is 0 Å². The van der Waals surface area contributed by atoms with E-state index in [1.54, 1.807) is 49.4 Å². The van der Waals surface area contributed by atoms with Crippen LogP contribution in [0.2, 0.25) is 5.02 Å². The van der Waals surface area contributed by atoms with Crippen LogP contribution in [0.25, 0.3) is 0 Å². The van der Waals surface area contributed by atoms with Crippen molar-refractivity contribution >= 4 is 39.1 Å². The zero-order chi connectivity index (χ0) is 27.6. The van der Waals surface area contributed by atoms with E-state index < -0.39 is 16.1 Å². The highest BCUT2D eigenvalue weighted by Gasteiger charge is 2.27. The van der Waals surface area contributed by atoms with Crippen LogP contribution in [0.15, 0.2) is 48.5 Å². The first-order chi connectivity index (χ1) is 17.5. The summed E-state index contributed by atoms with van der Waals surface area (Å²) in [7, 11) is -3.63. The van der Waals surface area contributed by atoms with Crippen LogP contribution in [0.4, 0.5) is 5.69 Å². The van der Waals surface area contributed by atoms with Crippen molar-refractivity contribution in [1.29, 1.82) is 0 Å². The molecule has 0 spiro atoms. The van der Waals surface area contributed by atoms with Gasteiger partial charge < -0.3 is 15.0 Å². The first-order valence-electron chi connectivity index (χ1n) is 12.5. The van der Waals surface area contributed by atoms with Gasteiger partial charge in [0.05, 0.1) is 18.6 Å². The number of carbonyl (C=O) groups is 2. The molecule has 1 N–H and O–H groups in total. The van der Waals surface area contributed by atoms with E-state index in [9.17, 15) is 18.0 Å². The zero-order valence-electron chi connectivity index (χ0n) is 22.2. The number of rotatable bonds is 14. The monoisotopic (exact) mass is 551 g/mol. The number of benzene rings is 2. The Morgan fingerprint density at radius 2 is 1.78 bits per heavy atom. The van der Waals surface area contributed by atoms with E-state index in [0.29, 0.717) is 23.1 Å². The van der Waals surface area contributed by atoms with Gasteiger partial charge in [0.2, 0.25) is 21.8 Å². The summed E-state index contributed by atoms with van der Waals surface area (Å²) in [5.41, 5.74) is 1.23. The van der Waals surface area contributed by atoms with Gasteiger partial charge in [-0.05, 0) is 63.4 Å². The third-order valence-electron chi connectivity index (χ3n) is 6.00. The van der Waals surface area contributed by atoms with Gasteiger partial charge in [0, 0.05) is 30.6 Å². The predicted molar refractivity (Wildman–Crippen MR) is 148 cm³/mol. The zero-order valence-corrected chi connectivity index (χ0v) is 23.8. The molecule has 0 aliphatic carbocycles. The lowest BCUT2D eigenvalue weighted by atomic mass is 10.1. The number of nitrogens with one attached hydrogen (secondary N) is 1. The molecule has 8 nitrogen and oxygen atoms in total. The number of para-hydroxylation sites is 2. The lowest BCUT2D eigenvalue weighted by Gasteiger charge is -2.30. The van der Waals surface area contributed by atoms with Crippen molar-refractivity contribution < 1.29 is 22.7 Å². The second-order valence-electron chi connectivity index (χ2n) is 8.98. The van der Waals surface area contributed by atoms with E-state index in [0.717, 1.165) is 18.2 Å². The Morgan fingerprint density at radius 1 is 1.08 bits per heavy atom. The molecule has 2 aromatic carbocycles. The third kappa shape index (κ3) is 9.23. The first-order valence-corrected chi connectivity index (χ1v) is 14.7. The highest BCUT2D eigenvalue weighted by Crippen LogP contribution is 2.30. The number of anilines is 1. The largest absolute Gasteiger partial charge is 0.492 e. The molecule has 0 fully saturated rings. The van der Waals surface area contributed by atoms with Crippen LogP contribution < -0.4 is 14.4 Å². The van der Waals surface area contributed by atoms with Gasteiger partial charge in [-0.3, -0.25) is 13.9 Å². The summed E-state index contributed by atoms with van der Waals surface area (Å²) in [5, 5.41) is 3.48. The van der Waals surface area contributed by atoms with Gasteiger partial charge in [0.25, 0.3) is 0 Å². The number of hydrogen-bond donors (Lipinski definition) is 1. The van der Waals surface area contributed by atoms with Gasteiger partial charge in [0.15, 0.2) is 0 Å². The van der Waals surface area contributed by atoms with Crippen molar-refractivity contribution in [2.24, 2.45) is 0 Å². The van der Waals surface area contributed by atoms with Crippen molar-refractivity contribution in [2.75, 3.05) is 23.7 Å². The molecule has 0 radical (unpaired) electrons. The molecular formula is C27H38ClN3O5S. The minimum atomic E-state index is -3.63. The minimum Gasteiger partial charge on any atom is -0.492 e. The molecule has 0 heterocycles. The van der Waals surface area contributed by atoms with Crippen LogP contribution >= 0.6 is 11.6 Å². The van der Waals surface area contributed by atoms with E-state index in [1.807, 2.05) is 26.8 Å². The number of ether oxygens (including phenoxy) is 1. The minimum absolute atomic E-state index is 0.0215. The summed E-state index contributed by atoms with van der Waals surface area (Å²) >= 11 is 6.14. The molecule has 2 atom stereocenters. The molecule has 0 saturated carbocycles. The number of carbonyl (C=O) groups excluding carboxylic acids is 2. The van der Waals surface area contributed by atoms with Crippen molar-refractivity contribution in [1.82, 2.24) is 10.2 Å². The van der Waals surface area contributed by atoms with E-state index in [1.165, 1.54) is 9.21 Å². The smallest absolute Gasteiger partial charge is 0.242 e. The molecule has 0 aromatic heterocycles. The maximum Gasteiger partial charge on any atom is 0.242 e. The molecule has 2 rings (SSSR count). The summed E-state index contributed by atoms with van der Waals surface area (Å²) in [5.74, 6) is -0.0360. The van der Waals surface area contributed by atoms with Gasteiger partial charge in [-0.2, -0.15) is 0 Å². The van der Waals surface area contributed by atoms with E-state index in [-0.39, 0.29) is 43.8 Å². The fourth-order valence-electron chi connectivity index (χ4n) is 3.80. The fraction of sp³-hybridized carbons (Fsp3) is 0.481. The second kappa shape index (κ2) is 14.2. The van der Waals surface area contributed by atoms with Crippen LogP contribution in [-0.2, 0) is 26.2 Å². The SMILES string of the molecule is CCOc1ccccc1N(CCCC(=O)N(Cc1cccc(Cl)c1)[C@@H](C)C(=O)N[C@@H](C)CC)S(C)(=O)=O. The molecular weight excluding hydrogens is 514 g/mol. The van der Waals surface area contributed by atoms with Crippen molar-refractivity contribution in [3.8, 4) is 5.75 Å². The molecule has 204 valence electrons. The average molecular weight is 552 g/mol. The summed E-state index contributed by atoms with van der Waals surface area (Å²) in [4.78, 5) is 27.8. The Bertz CT molecular complexity index is 1160. The lowest BCUT2D eigenvalue weighted by Crippen LogP contribution is -2.49. The van der Waals surface area contributed by atoms with E-state index >= 15 is 0 Å². The summed E-state index contributed by atoms with van der Waals surface area (Å²) in [6.45, 7) is 8.09. The molecule has 37 heavy (non-hydrogen) atoms. The van der Waals surface area contributed by atoms with Gasteiger partial charge >= 0.3 is 0 Å². The quantitative estimate of drug-likeness (QED) is 0.370. The number of nitrogens with zero attached hydrogens (tertiary/aromatic N) is 2. The van der Waals surface area contributed by atoms with Gasteiger partial charge in [-0.15, -0.1) is 0 Å².